The van der Waals surface area contributed by atoms with Crippen molar-refractivity contribution in [3.63, 3.8) is 0 Å². The van der Waals surface area contributed by atoms with Crippen molar-refractivity contribution >= 4 is 54.4 Å². The van der Waals surface area contributed by atoms with Gasteiger partial charge in [-0.1, -0.05) is 17.7 Å². The van der Waals surface area contributed by atoms with Crippen LogP contribution in [0.3, 0.4) is 0 Å². The van der Waals surface area contributed by atoms with Crippen LogP contribution < -0.4 is 18.9 Å². The molecule has 0 saturated heterocycles. The van der Waals surface area contributed by atoms with Crippen LogP contribution in [0.4, 0.5) is 37.7 Å². The monoisotopic (exact) mass is 672 g/mol. The minimum Gasteiger partial charge on any atom is -0.406 e. The quantitative estimate of drug-likeness (QED) is 0.179. The summed E-state index contributed by atoms with van der Waals surface area (Å²) in [6.45, 7) is 0. The van der Waals surface area contributed by atoms with E-state index >= 15 is 0 Å². The Kier molecular flexibility index (Phi) is 8.59. The molecule has 0 aliphatic rings. The highest BCUT2D eigenvalue weighted by Gasteiger charge is 2.32. The van der Waals surface area contributed by atoms with Gasteiger partial charge in [-0.25, -0.2) is 16.8 Å². The fourth-order valence-corrected chi connectivity index (χ4v) is 6.58. The third-order valence-corrected chi connectivity index (χ3v) is 9.14. The van der Waals surface area contributed by atoms with Crippen molar-refractivity contribution in [1.82, 2.24) is 0 Å². The third kappa shape index (κ3) is 8.21. The molecule has 0 spiro atoms. The summed E-state index contributed by atoms with van der Waals surface area (Å²) >= 11 is 7.13. The topological polar surface area (TPSA) is 111 Å². The molecule has 0 aliphatic carbocycles. The van der Waals surface area contributed by atoms with Crippen LogP contribution in [-0.2, 0) is 20.0 Å². The number of nitrogens with one attached hydrogen (secondary N) is 2. The molecule has 0 fully saturated rings. The van der Waals surface area contributed by atoms with Gasteiger partial charge in [0, 0.05) is 4.88 Å². The van der Waals surface area contributed by atoms with Gasteiger partial charge in [-0.05, 0) is 78.4 Å². The molecular formula is C24H15ClF6N2O6S3. The zero-order chi connectivity index (χ0) is 30.9. The van der Waals surface area contributed by atoms with Crippen LogP contribution in [0.1, 0.15) is 0 Å². The maximum atomic E-state index is 13.1. The van der Waals surface area contributed by atoms with Gasteiger partial charge in [0.15, 0.2) is 0 Å². The van der Waals surface area contributed by atoms with Gasteiger partial charge in [0.1, 0.15) is 11.5 Å². The molecule has 8 nitrogen and oxygen atoms in total. The lowest BCUT2D eigenvalue weighted by Crippen LogP contribution is -2.19. The highest BCUT2D eigenvalue weighted by atomic mass is 35.5. The first-order chi connectivity index (χ1) is 19.4. The van der Waals surface area contributed by atoms with Crippen LogP contribution in [0, 0.1) is 0 Å². The Morgan fingerprint density at radius 2 is 1.07 bits per heavy atom. The van der Waals surface area contributed by atoms with E-state index in [1.807, 2.05) is 0 Å². The lowest BCUT2D eigenvalue weighted by Gasteiger charge is -2.16. The van der Waals surface area contributed by atoms with E-state index < -0.39 is 54.1 Å². The fraction of sp³-hybridized carbons (Fsp3) is 0.0833. The summed E-state index contributed by atoms with van der Waals surface area (Å²) in [5, 5.41) is 0. The molecule has 18 heteroatoms. The van der Waals surface area contributed by atoms with E-state index in [0.717, 1.165) is 59.9 Å². The molecule has 224 valence electrons. The van der Waals surface area contributed by atoms with Gasteiger partial charge in [0.25, 0.3) is 20.0 Å². The average molecular weight is 673 g/mol. The van der Waals surface area contributed by atoms with Gasteiger partial charge < -0.3 is 9.47 Å². The molecule has 42 heavy (non-hydrogen) atoms. The minimum atomic E-state index is -5.00. The number of alkyl halides is 6. The van der Waals surface area contributed by atoms with Crippen molar-refractivity contribution in [2.24, 2.45) is 0 Å². The molecular weight excluding hydrogens is 658 g/mol. The van der Waals surface area contributed by atoms with Gasteiger partial charge in [-0.15, -0.1) is 37.7 Å². The third-order valence-electron chi connectivity index (χ3n) is 5.10. The van der Waals surface area contributed by atoms with Crippen molar-refractivity contribution in [2.75, 3.05) is 9.44 Å². The number of ether oxygens (including phenoxy) is 2. The average Bonchev–Trinajstić information content (AvgIpc) is 3.30. The summed E-state index contributed by atoms with van der Waals surface area (Å²) in [5.41, 5.74) is -0.138. The largest absolute Gasteiger partial charge is 0.573 e. The van der Waals surface area contributed by atoms with Gasteiger partial charge in [-0.3, -0.25) is 9.44 Å². The Bertz CT molecular complexity index is 1790. The molecule has 4 aromatic rings. The Morgan fingerprint density at radius 1 is 0.619 bits per heavy atom. The molecule has 3 aromatic carbocycles. The second kappa shape index (κ2) is 11.5. The van der Waals surface area contributed by atoms with Crippen molar-refractivity contribution in [3.05, 3.63) is 83.2 Å². The van der Waals surface area contributed by atoms with Crippen molar-refractivity contribution < 1.29 is 52.7 Å². The predicted molar refractivity (Wildman–Crippen MR) is 143 cm³/mol. The maximum Gasteiger partial charge on any atom is 0.573 e. The molecule has 0 amide bonds. The number of anilines is 2. The van der Waals surface area contributed by atoms with Crippen LogP contribution in [-0.4, -0.2) is 29.6 Å². The Labute approximate surface area is 243 Å². The summed E-state index contributed by atoms with van der Waals surface area (Å²) in [4.78, 5) is -0.361. The number of halogens is 7. The highest BCUT2D eigenvalue weighted by molar-refractivity contribution is 7.93. The van der Waals surface area contributed by atoms with Gasteiger partial charge >= 0.3 is 12.7 Å². The molecule has 0 unspecified atom stereocenters. The first-order valence-corrected chi connectivity index (χ1v) is 15.2. The lowest BCUT2D eigenvalue weighted by molar-refractivity contribution is -0.275. The highest BCUT2D eigenvalue weighted by Crippen LogP contribution is 2.37. The summed E-state index contributed by atoms with van der Waals surface area (Å²) in [7, 11) is -8.98. The first-order valence-electron chi connectivity index (χ1n) is 11.1. The van der Waals surface area contributed by atoms with E-state index in [9.17, 15) is 43.2 Å². The molecule has 1 aromatic heterocycles. The molecule has 4 rings (SSSR count). The number of benzene rings is 3. The van der Waals surface area contributed by atoms with E-state index in [4.69, 9.17) is 11.6 Å². The Balaban J connectivity index is 1.67. The van der Waals surface area contributed by atoms with Crippen LogP contribution in [0.15, 0.2) is 88.7 Å². The normalized spacial score (nSPS) is 12.5. The fourth-order valence-electron chi connectivity index (χ4n) is 3.39. The SMILES string of the molecule is O=S(=O)(Nc1ccc(-c2ccc(Cl)s2)cc1NS(=O)(=O)c1ccc(OC(F)(F)F)cc1)c1ccc(OC(F)(F)F)cc1. The van der Waals surface area contributed by atoms with Crippen molar-refractivity contribution in [2.45, 2.75) is 22.5 Å². The number of rotatable bonds is 9. The zero-order valence-corrected chi connectivity index (χ0v) is 23.5. The Morgan fingerprint density at radius 3 is 1.48 bits per heavy atom. The molecule has 0 atom stereocenters. The van der Waals surface area contributed by atoms with Crippen molar-refractivity contribution in [1.29, 1.82) is 0 Å². The summed E-state index contributed by atoms with van der Waals surface area (Å²) in [5.74, 6) is -1.33. The van der Waals surface area contributed by atoms with Crippen LogP contribution in [0.25, 0.3) is 10.4 Å². The zero-order valence-electron chi connectivity index (χ0n) is 20.3. The number of hydrogen-bond donors (Lipinski definition) is 2. The van der Waals surface area contributed by atoms with Gasteiger partial charge in [0.05, 0.1) is 25.5 Å². The standard InChI is InChI=1S/C24H15ClF6N2O6S3/c25-22-12-11-21(40-22)14-1-10-19(32-41(34,35)17-6-2-15(3-7-17)38-23(26,27)28)20(13-14)33-42(36,37)18-8-4-16(5-9-18)39-24(29,30)31/h1-13,32-33H. The Hall–Kier alpha value is -3.67. The second-order valence-corrected chi connectivity index (χ2v) is 13.2. The summed E-state index contributed by atoms with van der Waals surface area (Å²) < 4.78 is 139. The smallest absolute Gasteiger partial charge is 0.406 e. The minimum absolute atomic E-state index is 0.280. The van der Waals surface area contributed by atoms with Crippen LogP contribution in [0.2, 0.25) is 4.34 Å². The first kappa shape index (κ1) is 31.3. The number of thiophene rings is 1. The molecule has 2 N–H and O–H groups in total. The van der Waals surface area contributed by atoms with E-state index in [-0.39, 0.29) is 11.4 Å². The van der Waals surface area contributed by atoms with Crippen LogP contribution in [0.5, 0.6) is 11.5 Å². The molecule has 1 heterocycles. The second-order valence-electron chi connectivity index (χ2n) is 8.11. The van der Waals surface area contributed by atoms with Gasteiger partial charge in [-0.2, -0.15) is 0 Å². The lowest BCUT2D eigenvalue weighted by atomic mass is 10.1. The summed E-state index contributed by atoms with van der Waals surface area (Å²) in [6.07, 6.45) is -9.99. The maximum absolute atomic E-state index is 13.1. The van der Waals surface area contributed by atoms with Crippen molar-refractivity contribution in [3.8, 4) is 21.9 Å². The summed E-state index contributed by atoms with van der Waals surface area (Å²) in [6, 6.07) is 13.7. The van der Waals surface area contributed by atoms with Crippen LogP contribution >= 0.6 is 22.9 Å². The molecule has 0 saturated carbocycles. The number of sulfonamides is 2. The van der Waals surface area contributed by atoms with E-state index in [1.165, 1.54) is 18.2 Å². The molecule has 0 aliphatic heterocycles. The van der Waals surface area contributed by atoms with E-state index in [2.05, 4.69) is 18.9 Å². The van der Waals surface area contributed by atoms with E-state index in [1.54, 1.807) is 12.1 Å². The molecule has 0 radical (unpaired) electrons. The number of hydrogen-bond acceptors (Lipinski definition) is 7. The van der Waals surface area contributed by atoms with Gasteiger partial charge in [0.2, 0.25) is 0 Å². The molecule has 0 bridgehead atoms. The predicted octanol–water partition coefficient (Wildman–Crippen LogP) is 7.47. The van der Waals surface area contributed by atoms with E-state index in [0.29, 0.717) is 14.8 Å².